The fourth-order valence-electron chi connectivity index (χ4n) is 1.57. The van der Waals surface area contributed by atoms with Crippen LogP contribution in [0.15, 0.2) is 30.3 Å². The molecule has 100 valence electrons. The van der Waals surface area contributed by atoms with Gasteiger partial charge < -0.3 is 5.11 Å². The molecule has 0 saturated carbocycles. The van der Waals surface area contributed by atoms with Crippen LogP contribution >= 0.6 is 0 Å². The van der Waals surface area contributed by atoms with Gasteiger partial charge in [-0.2, -0.15) is 4.72 Å². The highest BCUT2D eigenvalue weighted by Crippen LogP contribution is 2.14. The zero-order valence-corrected chi connectivity index (χ0v) is 11.1. The number of carboxylic acids is 1. The smallest absolute Gasteiger partial charge is 0.326 e. The monoisotopic (exact) mass is 271 g/mol. The Balaban J connectivity index is 2.93. The summed E-state index contributed by atoms with van der Waals surface area (Å²) in [5, 5.41) is 9.10. The van der Waals surface area contributed by atoms with E-state index < -0.39 is 22.0 Å². The molecule has 1 atom stereocenters. The molecule has 1 rings (SSSR count). The molecule has 0 radical (unpaired) electrons. The summed E-state index contributed by atoms with van der Waals surface area (Å²) >= 11 is 0. The molecule has 0 saturated heterocycles. The first-order valence-electron chi connectivity index (χ1n) is 5.59. The van der Waals surface area contributed by atoms with Gasteiger partial charge in [-0.15, -0.1) is 0 Å². The first-order valence-corrected chi connectivity index (χ1v) is 7.25. The summed E-state index contributed by atoms with van der Waals surface area (Å²) in [7, 11) is -3.60. The lowest BCUT2D eigenvalue weighted by Gasteiger charge is -2.16. The lowest BCUT2D eigenvalue weighted by atomic mass is 10.1. The van der Waals surface area contributed by atoms with Crippen molar-refractivity contribution in [3.05, 3.63) is 35.9 Å². The molecule has 0 bridgehead atoms. The van der Waals surface area contributed by atoms with E-state index in [2.05, 4.69) is 4.72 Å². The second kappa shape index (κ2) is 5.97. The minimum atomic E-state index is -3.60. The van der Waals surface area contributed by atoms with Gasteiger partial charge in [-0.3, -0.25) is 4.79 Å². The molecule has 0 aliphatic rings. The molecule has 1 aromatic rings. The van der Waals surface area contributed by atoms with Crippen molar-refractivity contribution >= 4 is 16.0 Å². The first-order chi connectivity index (χ1) is 8.32. The van der Waals surface area contributed by atoms with Gasteiger partial charge in [0.05, 0.1) is 5.75 Å². The molecular weight excluding hydrogens is 254 g/mol. The minimum Gasteiger partial charge on any atom is -0.480 e. The third-order valence-electron chi connectivity index (χ3n) is 2.23. The Hall–Kier alpha value is -1.40. The maximum absolute atomic E-state index is 11.8. The first kappa shape index (κ1) is 14.7. The highest BCUT2D eigenvalue weighted by molar-refractivity contribution is 7.89. The van der Waals surface area contributed by atoms with E-state index in [0.717, 1.165) is 0 Å². The van der Waals surface area contributed by atoms with Crippen molar-refractivity contribution in [3.63, 3.8) is 0 Å². The van der Waals surface area contributed by atoms with Crippen molar-refractivity contribution in [2.24, 2.45) is 5.92 Å². The van der Waals surface area contributed by atoms with Crippen LogP contribution < -0.4 is 4.72 Å². The highest BCUT2D eigenvalue weighted by Gasteiger charge is 2.25. The molecule has 0 spiro atoms. The molecule has 5 nitrogen and oxygen atoms in total. The SMILES string of the molecule is CC(C)CS(=O)(=O)N[C@H](C(=O)O)c1ccccc1. The molecule has 1 aromatic carbocycles. The van der Waals surface area contributed by atoms with Crippen molar-refractivity contribution in [2.75, 3.05) is 5.75 Å². The van der Waals surface area contributed by atoms with Crippen molar-refractivity contribution < 1.29 is 18.3 Å². The van der Waals surface area contributed by atoms with E-state index in [4.69, 9.17) is 5.11 Å². The average Bonchev–Trinajstić information content (AvgIpc) is 2.25. The normalized spacial score (nSPS) is 13.5. The number of hydrogen-bond donors (Lipinski definition) is 2. The van der Waals surface area contributed by atoms with Crippen LogP contribution in [-0.2, 0) is 14.8 Å². The zero-order valence-electron chi connectivity index (χ0n) is 10.3. The van der Waals surface area contributed by atoms with Crippen LogP contribution in [-0.4, -0.2) is 25.2 Å². The van der Waals surface area contributed by atoms with E-state index in [-0.39, 0.29) is 11.7 Å². The Labute approximate surface area is 107 Å². The molecule has 0 aliphatic heterocycles. The van der Waals surface area contributed by atoms with Gasteiger partial charge in [-0.05, 0) is 11.5 Å². The summed E-state index contributed by atoms with van der Waals surface area (Å²) in [6, 6.07) is 7.00. The zero-order chi connectivity index (χ0) is 13.8. The molecule has 18 heavy (non-hydrogen) atoms. The maximum Gasteiger partial charge on any atom is 0.326 e. The summed E-state index contributed by atoms with van der Waals surface area (Å²) in [5.74, 6) is -1.37. The van der Waals surface area contributed by atoms with Crippen LogP contribution in [0.2, 0.25) is 0 Å². The van der Waals surface area contributed by atoms with Gasteiger partial charge in [0.25, 0.3) is 0 Å². The van der Waals surface area contributed by atoms with E-state index >= 15 is 0 Å². The van der Waals surface area contributed by atoms with Crippen molar-refractivity contribution in [1.29, 1.82) is 0 Å². The number of benzene rings is 1. The van der Waals surface area contributed by atoms with Crippen LogP contribution in [0.1, 0.15) is 25.5 Å². The maximum atomic E-state index is 11.8. The third kappa shape index (κ3) is 4.46. The topological polar surface area (TPSA) is 83.5 Å². The van der Waals surface area contributed by atoms with Gasteiger partial charge in [0.1, 0.15) is 6.04 Å². The Morgan fingerprint density at radius 1 is 1.28 bits per heavy atom. The number of aliphatic carboxylic acids is 1. The number of hydrogen-bond acceptors (Lipinski definition) is 3. The standard InChI is InChI=1S/C12H17NO4S/c1-9(2)8-18(16,17)13-11(12(14)15)10-6-4-3-5-7-10/h3-7,9,11,13H,8H2,1-2H3,(H,14,15)/t11-/m0/s1. The quantitative estimate of drug-likeness (QED) is 0.819. The molecule has 0 aromatic heterocycles. The summed E-state index contributed by atoms with van der Waals surface area (Å²) in [6.45, 7) is 3.52. The van der Waals surface area contributed by atoms with Gasteiger partial charge in [-0.25, -0.2) is 8.42 Å². The number of nitrogens with one attached hydrogen (secondary N) is 1. The number of rotatable bonds is 6. The van der Waals surface area contributed by atoms with Gasteiger partial charge in [0.15, 0.2) is 0 Å². The van der Waals surface area contributed by atoms with Gasteiger partial charge in [-0.1, -0.05) is 44.2 Å². The largest absolute Gasteiger partial charge is 0.480 e. The minimum absolute atomic E-state index is 0.0623. The molecular formula is C12H17NO4S. The number of carboxylic acid groups (broad SMARTS) is 1. The summed E-state index contributed by atoms with van der Waals surface area (Å²) < 4.78 is 25.7. The fourth-order valence-corrected chi connectivity index (χ4v) is 3.14. The lowest BCUT2D eigenvalue weighted by molar-refractivity contribution is -0.139. The molecule has 0 aliphatic carbocycles. The molecule has 6 heteroatoms. The van der Waals surface area contributed by atoms with Gasteiger partial charge in [0.2, 0.25) is 10.0 Å². The molecule has 0 amide bonds. The number of carbonyl (C=O) groups is 1. The summed E-state index contributed by atoms with van der Waals surface area (Å²) in [6.07, 6.45) is 0. The average molecular weight is 271 g/mol. The van der Waals surface area contributed by atoms with Gasteiger partial charge >= 0.3 is 5.97 Å². The summed E-state index contributed by atoms with van der Waals surface area (Å²) in [5.41, 5.74) is 0.414. The Bertz CT molecular complexity index is 496. The van der Waals surface area contributed by atoms with E-state index in [1.807, 2.05) is 0 Å². The van der Waals surface area contributed by atoms with Crippen molar-refractivity contribution in [3.8, 4) is 0 Å². The lowest BCUT2D eigenvalue weighted by Crippen LogP contribution is -2.36. The Kier molecular flexibility index (Phi) is 4.86. The molecule has 0 fully saturated rings. The van der Waals surface area contributed by atoms with Crippen LogP contribution in [0.4, 0.5) is 0 Å². The molecule has 0 unspecified atom stereocenters. The molecule has 2 N–H and O–H groups in total. The van der Waals surface area contributed by atoms with Gasteiger partial charge in [0, 0.05) is 0 Å². The van der Waals surface area contributed by atoms with E-state index in [1.165, 1.54) is 0 Å². The van der Waals surface area contributed by atoms with Crippen LogP contribution in [0, 0.1) is 5.92 Å². The second-order valence-corrected chi connectivity index (χ2v) is 6.27. The predicted octanol–water partition coefficient (Wildman–Crippen LogP) is 1.39. The van der Waals surface area contributed by atoms with Crippen molar-refractivity contribution in [1.82, 2.24) is 4.72 Å². The predicted molar refractivity (Wildman–Crippen MR) is 68.6 cm³/mol. The third-order valence-corrected chi connectivity index (χ3v) is 3.93. The van der Waals surface area contributed by atoms with E-state index in [0.29, 0.717) is 5.56 Å². The van der Waals surface area contributed by atoms with Crippen LogP contribution in [0.5, 0.6) is 0 Å². The second-order valence-electron chi connectivity index (χ2n) is 4.48. The molecule has 0 heterocycles. The number of sulfonamides is 1. The van der Waals surface area contributed by atoms with Crippen molar-refractivity contribution in [2.45, 2.75) is 19.9 Å². The van der Waals surface area contributed by atoms with Crippen LogP contribution in [0.25, 0.3) is 0 Å². The van der Waals surface area contributed by atoms with E-state index in [1.54, 1.807) is 44.2 Å². The Morgan fingerprint density at radius 2 is 1.83 bits per heavy atom. The van der Waals surface area contributed by atoms with E-state index in [9.17, 15) is 13.2 Å². The highest BCUT2D eigenvalue weighted by atomic mass is 32.2. The van der Waals surface area contributed by atoms with Crippen LogP contribution in [0.3, 0.4) is 0 Å². The summed E-state index contributed by atoms with van der Waals surface area (Å²) in [4.78, 5) is 11.1. The Morgan fingerprint density at radius 3 is 2.28 bits per heavy atom. The fraction of sp³-hybridized carbons (Fsp3) is 0.417.